The minimum Gasteiger partial charge on any atom is -0.469 e. The molecule has 3 rings (SSSR count). The quantitative estimate of drug-likeness (QED) is 0.567. The van der Waals surface area contributed by atoms with Gasteiger partial charge < -0.3 is 10.5 Å². The summed E-state index contributed by atoms with van der Waals surface area (Å²) >= 11 is 0. The summed E-state index contributed by atoms with van der Waals surface area (Å²) in [4.78, 5) is 11.6. The number of carbonyl (C=O) groups excluding carboxylic acids is 1. The van der Waals surface area contributed by atoms with E-state index in [0.717, 1.165) is 18.8 Å². The van der Waals surface area contributed by atoms with Crippen LogP contribution < -0.4 is 5.73 Å². The summed E-state index contributed by atoms with van der Waals surface area (Å²) in [5, 5.41) is 0. The van der Waals surface area contributed by atoms with Crippen LogP contribution in [-0.4, -0.2) is 19.1 Å². The Kier molecular flexibility index (Phi) is 2.32. The molecule has 0 unspecified atom stereocenters. The number of fused-ring (bicyclic) bond motifs is 2. The van der Waals surface area contributed by atoms with Crippen molar-refractivity contribution >= 4 is 5.97 Å². The van der Waals surface area contributed by atoms with E-state index >= 15 is 0 Å². The maximum Gasteiger partial charge on any atom is 0.310 e. The summed E-state index contributed by atoms with van der Waals surface area (Å²) in [6.45, 7) is 0. The lowest BCUT2D eigenvalue weighted by Crippen LogP contribution is -2.41. The number of allylic oxidation sites excluding steroid dienone is 1. The van der Waals surface area contributed by atoms with Crippen LogP contribution in [0.1, 0.15) is 25.7 Å². The first-order valence-electron chi connectivity index (χ1n) is 6.24. The molecule has 3 aliphatic carbocycles. The zero-order valence-electron chi connectivity index (χ0n) is 9.69. The van der Waals surface area contributed by atoms with E-state index in [2.05, 4.69) is 6.08 Å². The van der Waals surface area contributed by atoms with E-state index in [0.29, 0.717) is 11.8 Å². The van der Waals surface area contributed by atoms with Crippen LogP contribution >= 0.6 is 0 Å². The van der Waals surface area contributed by atoms with Crippen LogP contribution in [0.15, 0.2) is 11.6 Å². The van der Waals surface area contributed by atoms with E-state index in [1.807, 2.05) is 0 Å². The van der Waals surface area contributed by atoms with Crippen molar-refractivity contribution in [3.8, 4) is 0 Å². The molecule has 0 aromatic rings. The summed E-state index contributed by atoms with van der Waals surface area (Å²) in [5.74, 6) is 1.56. The number of esters is 1. The highest BCUT2D eigenvalue weighted by molar-refractivity contribution is 5.74. The second kappa shape index (κ2) is 3.59. The number of rotatable bonds is 2. The molecular formula is C13H19NO2. The molecule has 3 fully saturated rings. The molecule has 0 aromatic carbocycles. The fraction of sp³-hybridized carbons (Fsp3) is 0.769. The Bertz CT molecular complexity index is 344. The van der Waals surface area contributed by atoms with E-state index < -0.39 is 0 Å². The summed E-state index contributed by atoms with van der Waals surface area (Å²) < 4.78 is 4.85. The molecule has 4 atom stereocenters. The van der Waals surface area contributed by atoms with Crippen LogP contribution in [0.5, 0.6) is 0 Å². The Labute approximate surface area is 96.0 Å². The molecule has 0 amide bonds. The second-order valence-electron chi connectivity index (χ2n) is 5.51. The summed E-state index contributed by atoms with van der Waals surface area (Å²) in [5.41, 5.74) is 7.71. The molecule has 3 heteroatoms. The van der Waals surface area contributed by atoms with Crippen molar-refractivity contribution in [2.75, 3.05) is 7.11 Å². The molecule has 0 spiro atoms. The van der Waals surface area contributed by atoms with Crippen LogP contribution in [-0.2, 0) is 9.53 Å². The van der Waals surface area contributed by atoms with Crippen LogP contribution in [0.4, 0.5) is 0 Å². The maximum atomic E-state index is 11.6. The average Bonchev–Trinajstić information content (AvgIpc) is 2.90. The van der Waals surface area contributed by atoms with Crippen molar-refractivity contribution in [1.82, 2.24) is 0 Å². The van der Waals surface area contributed by atoms with Gasteiger partial charge in [-0.1, -0.05) is 11.6 Å². The molecule has 0 saturated heterocycles. The van der Waals surface area contributed by atoms with Gasteiger partial charge in [-0.05, 0) is 43.4 Å². The van der Waals surface area contributed by atoms with Crippen molar-refractivity contribution in [3.05, 3.63) is 11.6 Å². The van der Waals surface area contributed by atoms with E-state index in [1.54, 1.807) is 0 Å². The third-order valence-electron chi connectivity index (χ3n) is 4.46. The van der Waals surface area contributed by atoms with Crippen molar-refractivity contribution in [2.24, 2.45) is 29.4 Å². The lowest BCUT2D eigenvalue weighted by Gasteiger charge is -2.27. The fourth-order valence-electron chi connectivity index (χ4n) is 3.50. The first-order chi connectivity index (χ1) is 7.70. The summed E-state index contributed by atoms with van der Waals surface area (Å²) in [7, 11) is 1.46. The smallest absolute Gasteiger partial charge is 0.310 e. The van der Waals surface area contributed by atoms with Gasteiger partial charge in [-0.3, -0.25) is 4.79 Å². The van der Waals surface area contributed by atoms with Gasteiger partial charge in [0.25, 0.3) is 0 Å². The molecule has 88 valence electrons. The lowest BCUT2D eigenvalue weighted by atomic mass is 9.81. The molecule has 0 aliphatic heterocycles. The van der Waals surface area contributed by atoms with Gasteiger partial charge in [-0.25, -0.2) is 0 Å². The van der Waals surface area contributed by atoms with Gasteiger partial charge in [-0.2, -0.15) is 0 Å². The number of ether oxygens (including phenoxy) is 1. The van der Waals surface area contributed by atoms with Crippen molar-refractivity contribution in [2.45, 2.75) is 31.7 Å². The highest BCUT2D eigenvalue weighted by Gasteiger charge is 2.52. The molecule has 16 heavy (non-hydrogen) atoms. The predicted octanol–water partition coefficient (Wildman–Crippen LogP) is 1.48. The molecule has 3 nitrogen and oxygen atoms in total. The zero-order valence-corrected chi connectivity index (χ0v) is 9.69. The van der Waals surface area contributed by atoms with Crippen molar-refractivity contribution in [1.29, 1.82) is 0 Å². The van der Waals surface area contributed by atoms with Crippen LogP contribution in [0, 0.1) is 23.7 Å². The Hall–Kier alpha value is -0.830. The first kappa shape index (κ1) is 10.3. The highest BCUT2D eigenvalue weighted by Crippen LogP contribution is 2.52. The number of hydrogen-bond acceptors (Lipinski definition) is 3. The second-order valence-corrected chi connectivity index (χ2v) is 5.51. The molecule has 0 aromatic heterocycles. The van der Waals surface area contributed by atoms with Gasteiger partial charge in [0, 0.05) is 6.04 Å². The molecule has 3 aliphatic rings. The third kappa shape index (κ3) is 1.49. The van der Waals surface area contributed by atoms with Crippen LogP contribution in [0.2, 0.25) is 0 Å². The van der Waals surface area contributed by atoms with Crippen LogP contribution in [0.3, 0.4) is 0 Å². The number of methoxy groups -OCH3 is 1. The van der Waals surface area contributed by atoms with E-state index in [9.17, 15) is 4.79 Å². The van der Waals surface area contributed by atoms with Gasteiger partial charge in [0.1, 0.15) is 0 Å². The van der Waals surface area contributed by atoms with Crippen molar-refractivity contribution < 1.29 is 9.53 Å². The summed E-state index contributed by atoms with van der Waals surface area (Å²) in [6, 6.07) is -0.00352. The molecule has 2 bridgehead atoms. The van der Waals surface area contributed by atoms with Gasteiger partial charge in [-0.15, -0.1) is 0 Å². The first-order valence-corrected chi connectivity index (χ1v) is 6.24. The molecular weight excluding hydrogens is 202 g/mol. The normalized spacial score (nSPS) is 44.0. The van der Waals surface area contributed by atoms with Crippen LogP contribution in [0.25, 0.3) is 0 Å². The Morgan fingerprint density at radius 2 is 2.25 bits per heavy atom. The zero-order chi connectivity index (χ0) is 11.3. The maximum absolute atomic E-state index is 11.6. The predicted molar refractivity (Wildman–Crippen MR) is 60.5 cm³/mol. The minimum atomic E-state index is -0.106. The number of carbonyl (C=O) groups is 1. The monoisotopic (exact) mass is 221 g/mol. The third-order valence-corrected chi connectivity index (χ3v) is 4.46. The standard InChI is InChI=1S/C13H19NO2/c1-16-13(15)11-9-5-8(4-7-2-3-7)10(6-9)12(11)14/h4,7,9-12H,2-3,5-6,14H2,1H3/t9-,10-,11+,12-/m1/s1. The van der Waals surface area contributed by atoms with E-state index in [4.69, 9.17) is 10.5 Å². The average molecular weight is 221 g/mol. The largest absolute Gasteiger partial charge is 0.469 e. The van der Waals surface area contributed by atoms with E-state index in [-0.39, 0.29) is 17.9 Å². The molecule has 3 saturated carbocycles. The van der Waals surface area contributed by atoms with Gasteiger partial charge in [0.05, 0.1) is 13.0 Å². The van der Waals surface area contributed by atoms with E-state index in [1.165, 1.54) is 25.5 Å². The molecule has 0 heterocycles. The highest BCUT2D eigenvalue weighted by atomic mass is 16.5. The number of hydrogen-bond donors (Lipinski definition) is 1. The summed E-state index contributed by atoms with van der Waals surface area (Å²) in [6.07, 6.45) is 7.29. The molecule has 2 N–H and O–H groups in total. The number of nitrogens with two attached hydrogens (primary N) is 1. The lowest BCUT2D eigenvalue weighted by molar-refractivity contribution is -0.147. The Morgan fingerprint density at radius 1 is 1.50 bits per heavy atom. The van der Waals surface area contributed by atoms with Crippen molar-refractivity contribution in [3.63, 3.8) is 0 Å². The Morgan fingerprint density at radius 3 is 2.81 bits per heavy atom. The fourth-order valence-corrected chi connectivity index (χ4v) is 3.50. The topological polar surface area (TPSA) is 52.3 Å². The Balaban J connectivity index is 1.77. The van der Waals surface area contributed by atoms with Gasteiger partial charge >= 0.3 is 5.97 Å². The SMILES string of the molecule is COC(=O)[C@H]1[C@@H]2CC(=CC3CC3)[C@@H](C2)[C@H]1N. The van der Waals surface area contributed by atoms with Gasteiger partial charge in [0.2, 0.25) is 0 Å². The van der Waals surface area contributed by atoms with Gasteiger partial charge in [0.15, 0.2) is 0 Å². The molecule has 0 radical (unpaired) electrons. The minimum absolute atomic E-state index is 0.00352.